The fourth-order valence-electron chi connectivity index (χ4n) is 18.1. The number of hydrogen-bond donors (Lipinski definition) is 3. The van der Waals surface area contributed by atoms with Crippen molar-refractivity contribution in [1.82, 2.24) is 16.0 Å². The molecule has 0 aromatic heterocycles. The predicted octanol–water partition coefficient (Wildman–Crippen LogP) is 11.2. The van der Waals surface area contributed by atoms with Gasteiger partial charge in [0, 0.05) is 0 Å². The van der Waals surface area contributed by atoms with Crippen LogP contribution in [0.15, 0.2) is 0 Å². The number of ether oxygens (including phenoxy) is 1. The molecule has 0 aromatic carbocycles. The van der Waals surface area contributed by atoms with Gasteiger partial charge in [-0.3, -0.25) is 16.0 Å². The molecule has 0 spiro atoms. The molecule has 11 aliphatic rings. The maximum absolute atomic E-state index is 7.56. The van der Waals surface area contributed by atoms with Gasteiger partial charge in [-0.05, 0) is 179 Å². The smallest absolute Gasteiger partial charge is 0.0645 e. The predicted molar refractivity (Wildman–Crippen MR) is 216 cm³/mol. The van der Waals surface area contributed by atoms with E-state index in [1.165, 1.54) is 148 Å². The van der Waals surface area contributed by atoms with Crippen molar-refractivity contribution in [2.24, 2.45) is 88.8 Å². The maximum atomic E-state index is 7.56. The van der Waals surface area contributed by atoms with Gasteiger partial charge in [0.25, 0.3) is 0 Å². The molecule has 2 saturated heterocycles. The van der Waals surface area contributed by atoms with E-state index >= 15 is 0 Å². The third-order valence-corrected chi connectivity index (χ3v) is 20.4. The average molecular weight is 728 g/mol. The molecule has 0 aromatic rings. The van der Waals surface area contributed by atoms with E-state index in [-0.39, 0.29) is 0 Å². The van der Waals surface area contributed by atoms with Crippen LogP contribution in [0, 0.1) is 88.8 Å². The Hall–Kier alpha value is -0.160. The van der Waals surface area contributed by atoms with Gasteiger partial charge in [0.2, 0.25) is 0 Å². The third-order valence-electron chi connectivity index (χ3n) is 20.4. The molecule has 18 unspecified atom stereocenters. The van der Waals surface area contributed by atoms with Gasteiger partial charge in [0.1, 0.15) is 0 Å². The summed E-state index contributed by atoms with van der Waals surface area (Å²) in [5.41, 5.74) is 0. The molecule has 11 fully saturated rings. The first-order chi connectivity index (χ1) is 26.2. The van der Waals surface area contributed by atoms with E-state index < -0.39 is 0 Å². The Kier molecular flexibility index (Phi) is 10.5. The summed E-state index contributed by atoms with van der Waals surface area (Å²) in [5, 5.41) is 13.4. The number of nitrogens with one attached hydrogen (secondary N) is 3. The maximum Gasteiger partial charge on any atom is 0.0645 e. The van der Waals surface area contributed by atoms with Crippen molar-refractivity contribution in [3.8, 4) is 0 Å². The van der Waals surface area contributed by atoms with Gasteiger partial charge in [-0.1, -0.05) is 96.3 Å². The first kappa shape index (κ1) is 36.0. The van der Waals surface area contributed by atoms with Crippen LogP contribution >= 0.6 is 0 Å². The number of rotatable bonds is 4. The first-order valence-electron chi connectivity index (χ1n) is 25.2. The molecule has 9 aliphatic carbocycles. The molecule has 11 rings (SSSR count). The molecule has 4 heteroatoms. The second kappa shape index (κ2) is 15.5. The van der Waals surface area contributed by atoms with Crippen molar-refractivity contribution in [3.05, 3.63) is 0 Å². The van der Waals surface area contributed by atoms with Crippen molar-refractivity contribution in [2.75, 3.05) is 0 Å². The average Bonchev–Trinajstić information content (AvgIpc) is 3.60. The van der Waals surface area contributed by atoms with Gasteiger partial charge < -0.3 is 4.74 Å². The van der Waals surface area contributed by atoms with Crippen LogP contribution in [0.4, 0.5) is 0 Å². The van der Waals surface area contributed by atoms with E-state index in [9.17, 15) is 0 Å². The lowest BCUT2D eigenvalue weighted by Gasteiger charge is -2.56. The summed E-state index contributed by atoms with van der Waals surface area (Å²) in [6.07, 6.45) is 46.0. The topological polar surface area (TPSA) is 45.3 Å². The fraction of sp³-hybridized carbons (Fsp3) is 1.00. The normalized spacial score (nSPS) is 53.7. The molecule has 9 saturated carbocycles. The fourth-order valence-corrected chi connectivity index (χ4v) is 18.1. The van der Waals surface area contributed by atoms with Crippen LogP contribution in [0.1, 0.15) is 186 Å². The Balaban J connectivity index is 0.842. The summed E-state index contributed by atoms with van der Waals surface area (Å²) in [4.78, 5) is 0. The van der Waals surface area contributed by atoms with E-state index in [2.05, 4.69) is 16.0 Å². The van der Waals surface area contributed by atoms with Crippen molar-refractivity contribution < 1.29 is 4.74 Å². The summed E-state index contributed by atoms with van der Waals surface area (Å²) in [6.45, 7) is 0. The van der Waals surface area contributed by atoms with Crippen LogP contribution in [0.25, 0.3) is 0 Å². The second-order valence-corrected chi connectivity index (χ2v) is 22.5. The Morgan fingerprint density at radius 2 is 0.774 bits per heavy atom. The summed E-state index contributed by atoms with van der Waals surface area (Å²) < 4.78 is 7.56. The molecule has 18 atom stereocenters. The quantitative estimate of drug-likeness (QED) is 0.270. The molecule has 0 bridgehead atoms. The van der Waals surface area contributed by atoms with E-state index in [0.29, 0.717) is 30.7 Å². The largest absolute Gasteiger partial charge is 0.374 e. The zero-order chi connectivity index (χ0) is 34.9. The van der Waals surface area contributed by atoms with Crippen LogP contribution in [0.3, 0.4) is 0 Å². The Labute approximate surface area is 325 Å². The van der Waals surface area contributed by atoms with Crippen LogP contribution in [-0.2, 0) is 4.74 Å². The monoisotopic (exact) mass is 728 g/mol. The minimum absolute atomic E-state index is 0.467. The third kappa shape index (κ3) is 6.78. The van der Waals surface area contributed by atoms with Crippen LogP contribution in [0.5, 0.6) is 0 Å². The molecule has 53 heavy (non-hydrogen) atoms. The van der Waals surface area contributed by atoms with Gasteiger partial charge in [0.05, 0.1) is 30.7 Å². The molecule has 0 amide bonds. The standard InChI is InChI=1S/C49H81N3O/c1-3-11-30(12-4-1)39-25-26-42(45-43-28-33-16-7-8-17-34(33)29-44(43)53-46(39)45)49-51-47(32-14-5-2-6-15-32)50-48(52-49)36-21-22-38-35(27-36)20-24-40-37-18-10-9-13-31(37)19-23-41(38)40/h30-52H,1-29H2. The van der Waals surface area contributed by atoms with Crippen molar-refractivity contribution in [1.29, 1.82) is 0 Å². The molecule has 4 nitrogen and oxygen atoms in total. The summed E-state index contributed by atoms with van der Waals surface area (Å²) >= 11 is 0. The van der Waals surface area contributed by atoms with Gasteiger partial charge in [-0.2, -0.15) is 0 Å². The first-order valence-corrected chi connectivity index (χ1v) is 25.2. The lowest BCUT2D eigenvalue weighted by atomic mass is 9.50. The van der Waals surface area contributed by atoms with E-state index in [4.69, 9.17) is 4.74 Å². The Morgan fingerprint density at radius 1 is 0.283 bits per heavy atom. The zero-order valence-corrected chi connectivity index (χ0v) is 34.0. The van der Waals surface area contributed by atoms with Gasteiger partial charge in [-0.15, -0.1) is 0 Å². The number of fused-ring (bicyclic) bond motifs is 9. The van der Waals surface area contributed by atoms with Gasteiger partial charge >= 0.3 is 0 Å². The highest BCUT2D eigenvalue weighted by Gasteiger charge is 2.59. The Bertz CT molecular complexity index is 1230. The van der Waals surface area contributed by atoms with Crippen LogP contribution < -0.4 is 16.0 Å². The van der Waals surface area contributed by atoms with Crippen molar-refractivity contribution in [2.45, 2.75) is 217 Å². The van der Waals surface area contributed by atoms with E-state index in [1.807, 2.05) is 0 Å². The van der Waals surface area contributed by atoms with Gasteiger partial charge in [-0.25, -0.2) is 0 Å². The molecule has 3 N–H and O–H groups in total. The van der Waals surface area contributed by atoms with E-state index in [0.717, 1.165) is 88.8 Å². The van der Waals surface area contributed by atoms with Gasteiger partial charge in [0.15, 0.2) is 0 Å². The molecule has 0 radical (unpaired) electrons. The second-order valence-electron chi connectivity index (χ2n) is 22.5. The summed E-state index contributed by atoms with van der Waals surface area (Å²) in [7, 11) is 0. The minimum atomic E-state index is 0.467. The molecular weight excluding hydrogens is 647 g/mol. The zero-order valence-electron chi connectivity index (χ0n) is 34.0. The highest BCUT2D eigenvalue weighted by molar-refractivity contribution is 5.08. The summed E-state index contributed by atoms with van der Waals surface area (Å²) in [6, 6.07) is 0. The van der Waals surface area contributed by atoms with Crippen LogP contribution in [-0.4, -0.2) is 30.7 Å². The molecular formula is C49H81N3O. The molecule has 2 aliphatic heterocycles. The number of hydrogen-bond acceptors (Lipinski definition) is 4. The SMILES string of the molecule is C1CCC(C2NC(C3CCC4C(CCC5C6CCCCC6CCC45)C3)NC(C3CCC(C4CCCCC4)C4OC5CC6CCCCC6CC5C34)N2)CC1. The summed E-state index contributed by atoms with van der Waals surface area (Å²) in [5.74, 6) is 14.2. The van der Waals surface area contributed by atoms with Crippen molar-refractivity contribution >= 4 is 0 Å². The Morgan fingerprint density at radius 3 is 1.53 bits per heavy atom. The highest BCUT2D eigenvalue weighted by atomic mass is 16.5. The van der Waals surface area contributed by atoms with Crippen molar-refractivity contribution in [3.63, 3.8) is 0 Å². The lowest BCUT2D eigenvalue weighted by molar-refractivity contribution is -0.0770. The minimum Gasteiger partial charge on any atom is -0.374 e. The molecule has 298 valence electrons. The highest BCUT2D eigenvalue weighted by Crippen LogP contribution is 2.60. The van der Waals surface area contributed by atoms with Crippen LogP contribution in [0.2, 0.25) is 0 Å². The van der Waals surface area contributed by atoms with E-state index in [1.54, 1.807) is 38.5 Å². The molecule has 2 heterocycles. The lowest BCUT2D eigenvalue weighted by Crippen LogP contribution is -2.73.